The fourth-order valence-electron chi connectivity index (χ4n) is 4.15. The molecule has 6 rings (SSSR count). The summed E-state index contributed by atoms with van der Waals surface area (Å²) in [6, 6.07) is 21.3. The first-order valence-electron chi connectivity index (χ1n) is 8.48. The maximum absolute atomic E-state index is 4.83. The van der Waals surface area contributed by atoms with Crippen LogP contribution in [0.5, 0.6) is 0 Å². The Kier molecular flexibility index (Phi) is 2.40. The number of hydrogen-bond acceptors (Lipinski definition) is 2. The van der Waals surface area contributed by atoms with Crippen molar-refractivity contribution < 1.29 is 0 Å². The maximum Gasteiger partial charge on any atom is 0.241 e. The zero-order chi connectivity index (χ0) is 16.4. The Hall–Kier alpha value is -3.33. The van der Waals surface area contributed by atoms with Gasteiger partial charge in [-0.1, -0.05) is 30.3 Å². The van der Waals surface area contributed by atoms with Crippen LogP contribution in [0.25, 0.3) is 28.1 Å². The summed E-state index contributed by atoms with van der Waals surface area (Å²) in [7, 11) is 0. The molecule has 1 unspecified atom stereocenters. The van der Waals surface area contributed by atoms with Gasteiger partial charge in [0.25, 0.3) is 0 Å². The van der Waals surface area contributed by atoms with Gasteiger partial charge in [0.05, 0.1) is 5.39 Å². The van der Waals surface area contributed by atoms with Gasteiger partial charge in [-0.2, -0.15) is 4.58 Å². The molecule has 0 saturated heterocycles. The summed E-state index contributed by atoms with van der Waals surface area (Å²) < 4.78 is 2.40. The minimum atomic E-state index is 0.119. The number of fused-ring (bicyclic) bond motifs is 9. The highest BCUT2D eigenvalue weighted by Gasteiger charge is 2.40. The number of hydrogen-bond donors (Lipinski definition) is 0. The fraction of sp³-hybridized carbons (Fsp3) is 0.0455. The Morgan fingerprint density at radius 2 is 1.72 bits per heavy atom. The molecule has 0 bridgehead atoms. The van der Waals surface area contributed by atoms with Crippen molar-refractivity contribution in [2.24, 2.45) is 0 Å². The Morgan fingerprint density at radius 3 is 2.72 bits per heavy atom. The lowest BCUT2D eigenvalue weighted by molar-refractivity contribution is 0.664. The van der Waals surface area contributed by atoms with Crippen LogP contribution in [0.15, 0.2) is 73.1 Å². The van der Waals surface area contributed by atoms with E-state index in [0.717, 1.165) is 22.3 Å². The van der Waals surface area contributed by atoms with Crippen LogP contribution >= 0.6 is 0 Å². The predicted molar refractivity (Wildman–Crippen MR) is 98.8 cm³/mol. The number of benzene rings is 2. The molecule has 2 aliphatic rings. The molecule has 0 N–H and O–H groups in total. The molecule has 25 heavy (non-hydrogen) atoms. The van der Waals surface area contributed by atoms with E-state index in [1.54, 1.807) is 0 Å². The Morgan fingerprint density at radius 1 is 0.840 bits per heavy atom. The zero-order valence-corrected chi connectivity index (χ0v) is 13.4. The van der Waals surface area contributed by atoms with Crippen LogP contribution < -0.4 is 15.2 Å². The molecule has 0 radical (unpaired) electrons. The molecule has 2 aliphatic heterocycles. The van der Waals surface area contributed by atoms with E-state index in [0.29, 0.717) is 0 Å². The van der Waals surface area contributed by atoms with Crippen molar-refractivity contribution in [1.82, 2.24) is 14.5 Å². The van der Waals surface area contributed by atoms with Crippen molar-refractivity contribution in [2.45, 2.75) is 6.04 Å². The molecule has 2 aromatic carbocycles. The third-order valence-corrected chi connectivity index (χ3v) is 5.20. The van der Waals surface area contributed by atoms with Gasteiger partial charge in [-0.25, -0.2) is 4.98 Å². The van der Waals surface area contributed by atoms with Crippen molar-refractivity contribution in [2.75, 3.05) is 0 Å². The highest BCUT2D eigenvalue weighted by Crippen LogP contribution is 2.44. The van der Waals surface area contributed by atoms with Crippen LogP contribution in [0.2, 0.25) is 0 Å². The van der Waals surface area contributed by atoms with E-state index in [1.807, 2.05) is 18.5 Å². The second-order valence-electron chi connectivity index (χ2n) is 6.52. The van der Waals surface area contributed by atoms with Crippen LogP contribution in [-0.4, -0.2) is 9.97 Å². The summed E-state index contributed by atoms with van der Waals surface area (Å²) in [4.78, 5) is 9.54. The smallest absolute Gasteiger partial charge is 0.241 e. The lowest BCUT2D eigenvalue weighted by atomic mass is 9.95. The Bertz CT molecular complexity index is 1300. The topological polar surface area (TPSA) is 28.8 Å². The van der Waals surface area contributed by atoms with Gasteiger partial charge in [0.2, 0.25) is 17.1 Å². The molecule has 1 atom stereocenters. The van der Waals surface area contributed by atoms with Crippen molar-refractivity contribution in [3.63, 3.8) is 0 Å². The largest absolute Gasteiger partial charge is 0.253 e. The summed E-state index contributed by atoms with van der Waals surface area (Å²) in [6.45, 7) is 0. The van der Waals surface area contributed by atoms with Gasteiger partial charge in [0, 0.05) is 40.7 Å². The normalized spacial score (nSPS) is 16.6. The van der Waals surface area contributed by atoms with E-state index in [-0.39, 0.29) is 6.04 Å². The number of para-hydroxylation sites is 1. The summed E-state index contributed by atoms with van der Waals surface area (Å²) in [6.07, 6.45) is 6.16. The fourth-order valence-corrected chi connectivity index (χ4v) is 4.15. The van der Waals surface area contributed by atoms with Crippen molar-refractivity contribution in [3.8, 4) is 11.3 Å². The van der Waals surface area contributed by atoms with Crippen LogP contribution in [-0.2, 0) is 0 Å². The van der Waals surface area contributed by atoms with Crippen molar-refractivity contribution in [1.29, 1.82) is 0 Å². The molecule has 0 spiro atoms. The van der Waals surface area contributed by atoms with Gasteiger partial charge in [0.15, 0.2) is 0 Å². The summed E-state index contributed by atoms with van der Waals surface area (Å²) in [5.41, 5.74) is 4.41. The molecule has 3 heteroatoms. The van der Waals surface area contributed by atoms with E-state index < -0.39 is 0 Å². The lowest BCUT2D eigenvalue weighted by Gasteiger charge is -2.21. The van der Waals surface area contributed by atoms with Gasteiger partial charge in [0.1, 0.15) is 11.4 Å². The maximum atomic E-state index is 4.83. The second kappa shape index (κ2) is 4.61. The Balaban J connectivity index is 1.90. The van der Waals surface area contributed by atoms with E-state index in [9.17, 15) is 0 Å². The standard InChI is InChI=1S/C22H14N3/c1-3-8-16-15(7-1)13-24-21-17-9-5-11-23-20(17)19-12-14-6-2-4-10-18(14)25(19)22(16)21/h1-13,19H/q+1. The van der Waals surface area contributed by atoms with Crippen molar-refractivity contribution >= 4 is 22.5 Å². The summed E-state index contributed by atoms with van der Waals surface area (Å²) in [5.74, 6) is 0. The minimum absolute atomic E-state index is 0.119. The minimum Gasteiger partial charge on any atom is -0.253 e. The molecule has 2 aromatic heterocycles. The SMILES string of the molecule is C1=c2ccccc2=[N+]2c3c(ncc4ccccc34)-c3cccnc3C12. The van der Waals surface area contributed by atoms with Gasteiger partial charge in [-0.3, -0.25) is 4.98 Å². The molecule has 0 saturated carbocycles. The highest BCUT2D eigenvalue weighted by atomic mass is 15.1. The van der Waals surface area contributed by atoms with E-state index in [1.165, 1.54) is 21.6 Å². The predicted octanol–water partition coefficient (Wildman–Crippen LogP) is 2.97. The monoisotopic (exact) mass is 320 g/mol. The van der Waals surface area contributed by atoms with Gasteiger partial charge < -0.3 is 0 Å². The average Bonchev–Trinajstić information content (AvgIpc) is 3.07. The van der Waals surface area contributed by atoms with Crippen LogP contribution in [0.3, 0.4) is 0 Å². The van der Waals surface area contributed by atoms with Crippen LogP contribution in [0, 0.1) is 0 Å². The Labute approximate surface area is 144 Å². The van der Waals surface area contributed by atoms with Gasteiger partial charge in [-0.15, -0.1) is 0 Å². The first kappa shape index (κ1) is 13.0. The molecule has 4 heterocycles. The van der Waals surface area contributed by atoms with E-state index in [4.69, 9.17) is 9.97 Å². The quantitative estimate of drug-likeness (QED) is 0.466. The number of aromatic nitrogens is 2. The van der Waals surface area contributed by atoms with E-state index in [2.05, 4.69) is 65.2 Å². The second-order valence-corrected chi connectivity index (χ2v) is 6.52. The summed E-state index contributed by atoms with van der Waals surface area (Å²) in [5, 5.41) is 4.88. The van der Waals surface area contributed by atoms with Crippen LogP contribution in [0.1, 0.15) is 11.7 Å². The third kappa shape index (κ3) is 1.62. The van der Waals surface area contributed by atoms with E-state index >= 15 is 0 Å². The average molecular weight is 320 g/mol. The molecule has 116 valence electrons. The highest BCUT2D eigenvalue weighted by molar-refractivity contribution is 6.00. The summed E-state index contributed by atoms with van der Waals surface area (Å²) >= 11 is 0. The number of rotatable bonds is 0. The molecular weight excluding hydrogens is 306 g/mol. The van der Waals surface area contributed by atoms with Gasteiger partial charge >= 0.3 is 0 Å². The molecule has 3 nitrogen and oxygen atoms in total. The molecule has 0 fully saturated rings. The molecule has 4 aromatic rings. The first-order valence-corrected chi connectivity index (χ1v) is 8.48. The van der Waals surface area contributed by atoms with Crippen LogP contribution in [0.4, 0.5) is 5.69 Å². The number of nitrogens with zero attached hydrogens (tertiary/aromatic N) is 3. The number of pyridine rings is 2. The zero-order valence-electron chi connectivity index (χ0n) is 13.4. The van der Waals surface area contributed by atoms with Crippen molar-refractivity contribution in [3.05, 3.63) is 89.3 Å². The van der Waals surface area contributed by atoms with Gasteiger partial charge in [-0.05, 0) is 24.3 Å². The lowest BCUT2D eigenvalue weighted by Crippen LogP contribution is -2.33. The molecular formula is C22H14N3+. The first-order chi connectivity index (χ1) is 12.4. The molecule has 0 aliphatic carbocycles. The molecule has 0 amide bonds. The third-order valence-electron chi connectivity index (χ3n) is 5.20.